The highest BCUT2D eigenvalue weighted by Crippen LogP contribution is 2.31. The van der Waals surface area contributed by atoms with Gasteiger partial charge in [0.25, 0.3) is 0 Å². The lowest BCUT2D eigenvalue weighted by Gasteiger charge is -2.16. The fraction of sp³-hybridized carbons (Fsp3) is 0.429. The maximum absolute atomic E-state index is 11.9. The number of hydrogen-bond acceptors (Lipinski definition) is 3. The second-order valence-corrected chi connectivity index (χ2v) is 5.60. The van der Waals surface area contributed by atoms with Gasteiger partial charge in [-0.05, 0) is 18.6 Å². The van der Waals surface area contributed by atoms with Gasteiger partial charge in [0.05, 0.1) is 24.0 Å². The highest BCUT2D eigenvalue weighted by molar-refractivity contribution is 6.42. The van der Waals surface area contributed by atoms with E-state index in [1.165, 1.54) is 0 Å². The van der Waals surface area contributed by atoms with Gasteiger partial charge >= 0.3 is 5.97 Å². The van der Waals surface area contributed by atoms with E-state index in [0.717, 1.165) is 0 Å². The summed E-state index contributed by atoms with van der Waals surface area (Å²) in [7, 11) is 0. The topological polar surface area (TPSA) is 66.8 Å². The van der Waals surface area contributed by atoms with Crippen molar-refractivity contribution in [2.75, 3.05) is 19.7 Å². The van der Waals surface area contributed by atoms with Gasteiger partial charge in [0, 0.05) is 13.1 Å². The molecule has 1 heterocycles. The van der Waals surface area contributed by atoms with Crippen molar-refractivity contribution in [2.24, 2.45) is 5.92 Å². The van der Waals surface area contributed by atoms with Crippen LogP contribution in [0.2, 0.25) is 10.0 Å². The summed E-state index contributed by atoms with van der Waals surface area (Å²) in [5.74, 6) is -0.997. The Morgan fingerprint density at radius 3 is 2.81 bits per heavy atom. The average molecular weight is 332 g/mol. The van der Waals surface area contributed by atoms with E-state index in [2.05, 4.69) is 0 Å². The van der Waals surface area contributed by atoms with E-state index in [1.54, 1.807) is 23.1 Å². The minimum Gasteiger partial charge on any atom is -0.491 e. The molecule has 7 heteroatoms. The van der Waals surface area contributed by atoms with Crippen molar-refractivity contribution < 1.29 is 19.4 Å². The van der Waals surface area contributed by atoms with Crippen LogP contribution in [-0.4, -0.2) is 41.6 Å². The summed E-state index contributed by atoms with van der Waals surface area (Å²) < 4.78 is 5.44. The summed E-state index contributed by atoms with van der Waals surface area (Å²) in [6, 6.07) is 5.04. The fourth-order valence-electron chi connectivity index (χ4n) is 2.19. The lowest BCUT2D eigenvalue weighted by Crippen LogP contribution is -2.30. The monoisotopic (exact) mass is 331 g/mol. The number of ether oxygens (including phenoxy) is 1. The van der Waals surface area contributed by atoms with Gasteiger partial charge in [-0.25, -0.2) is 0 Å². The molecule has 2 rings (SSSR count). The number of nitrogens with zero attached hydrogens (tertiary/aromatic N) is 1. The van der Waals surface area contributed by atoms with Crippen LogP contribution in [0.3, 0.4) is 0 Å². The van der Waals surface area contributed by atoms with Crippen LogP contribution in [0.5, 0.6) is 5.75 Å². The SMILES string of the molecule is O=C(O)[C@@H]1CCN(C(=O)CCOc2cccc(Cl)c2Cl)C1. The van der Waals surface area contributed by atoms with Crippen LogP contribution < -0.4 is 4.74 Å². The zero-order chi connectivity index (χ0) is 15.4. The normalized spacial score (nSPS) is 17.8. The van der Waals surface area contributed by atoms with Crippen molar-refractivity contribution in [1.82, 2.24) is 4.90 Å². The van der Waals surface area contributed by atoms with Gasteiger partial charge in [-0.1, -0.05) is 29.3 Å². The van der Waals surface area contributed by atoms with Crippen molar-refractivity contribution in [3.63, 3.8) is 0 Å². The third-order valence-electron chi connectivity index (χ3n) is 3.38. The summed E-state index contributed by atoms with van der Waals surface area (Å²) in [5.41, 5.74) is 0. The van der Waals surface area contributed by atoms with Crippen molar-refractivity contribution in [3.8, 4) is 5.75 Å². The molecule has 0 saturated carbocycles. The first kappa shape index (κ1) is 15.9. The Morgan fingerprint density at radius 2 is 2.14 bits per heavy atom. The number of amides is 1. The highest BCUT2D eigenvalue weighted by atomic mass is 35.5. The molecular formula is C14H15Cl2NO4. The maximum Gasteiger partial charge on any atom is 0.308 e. The number of aliphatic carboxylic acids is 1. The summed E-state index contributed by atoms with van der Waals surface area (Å²) in [4.78, 5) is 24.4. The second-order valence-electron chi connectivity index (χ2n) is 4.81. The van der Waals surface area contributed by atoms with Crippen molar-refractivity contribution in [1.29, 1.82) is 0 Å². The molecule has 1 N–H and O–H groups in total. The molecule has 0 unspecified atom stereocenters. The Hall–Kier alpha value is -1.46. The second kappa shape index (κ2) is 7.00. The molecule has 1 aromatic carbocycles. The number of carbonyl (C=O) groups is 2. The summed E-state index contributed by atoms with van der Waals surface area (Å²) in [6.07, 6.45) is 0.678. The van der Waals surface area contributed by atoms with Crippen LogP contribution in [0, 0.1) is 5.92 Å². The summed E-state index contributed by atoms with van der Waals surface area (Å²) in [6.45, 7) is 0.924. The number of hydrogen-bond donors (Lipinski definition) is 1. The third kappa shape index (κ3) is 4.02. The zero-order valence-corrected chi connectivity index (χ0v) is 12.7. The van der Waals surface area contributed by atoms with Crippen LogP contribution in [-0.2, 0) is 9.59 Å². The van der Waals surface area contributed by atoms with Gasteiger partial charge in [0.15, 0.2) is 0 Å². The lowest BCUT2D eigenvalue weighted by molar-refractivity contribution is -0.141. The molecule has 1 aromatic rings. The number of likely N-dealkylation sites (tertiary alicyclic amines) is 1. The fourth-order valence-corrected chi connectivity index (χ4v) is 2.54. The van der Waals surface area contributed by atoms with E-state index in [9.17, 15) is 9.59 Å². The van der Waals surface area contributed by atoms with E-state index in [1.807, 2.05) is 0 Å². The molecule has 1 saturated heterocycles. The first-order valence-electron chi connectivity index (χ1n) is 6.56. The average Bonchev–Trinajstić information content (AvgIpc) is 2.93. The largest absolute Gasteiger partial charge is 0.491 e. The lowest BCUT2D eigenvalue weighted by atomic mass is 10.1. The molecule has 5 nitrogen and oxygen atoms in total. The minimum absolute atomic E-state index is 0.114. The number of rotatable bonds is 5. The summed E-state index contributed by atoms with van der Waals surface area (Å²) >= 11 is 11.8. The van der Waals surface area contributed by atoms with Crippen LogP contribution >= 0.6 is 23.2 Å². The van der Waals surface area contributed by atoms with E-state index >= 15 is 0 Å². The van der Waals surface area contributed by atoms with Crippen LogP contribution in [0.15, 0.2) is 18.2 Å². The van der Waals surface area contributed by atoms with Gasteiger partial charge in [-0.3, -0.25) is 9.59 Å². The number of carboxylic acids is 1. The molecule has 0 aliphatic carbocycles. The summed E-state index contributed by atoms with van der Waals surface area (Å²) in [5, 5.41) is 9.62. The third-order valence-corrected chi connectivity index (χ3v) is 4.18. The molecule has 1 atom stereocenters. The van der Waals surface area contributed by atoms with Gasteiger partial charge in [0.2, 0.25) is 5.91 Å². The molecule has 0 aromatic heterocycles. The number of halogens is 2. The Bertz CT molecular complexity index is 550. The van der Waals surface area contributed by atoms with Crippen LogP contribution in [0.25, 0.3) is 0 Å². The molecule has 0 bridgehead atoms. The van der Waals surface area contributed by atoms with Crippen LogP contribution in [0.1, 0.15) is 12.8 Å². The Labute approximate surface area is 132 Å². The van der Waals surface area contributed by atoms with Crippen molar-refractivity contribution in [2.45, 2.75) is 12.8 Å². The Balaban J connectivity index is 1.80. The quantitative estimate of drug-likeness (QED) is 0.900. The standard InChI is InChI=1S/C14H15Cl2NO4/c15-10-2-1-3-11(13(10)16)21-7-5-12(18)17-6-4-9(8-17)14(19)20/h1-3,9H,4-8H2,(H,19,20)/t9-/m1/s1. The van der Waals surface area contributed by atoms with Gasteiger partial charge < -0.3 is 14.7 Å². The van der Waals surface area contributed by atoms with E-state index in [0.29, 0.717) is 28.8 Å². The van der Waals surface area contributed by atoms with E-state index in [-0.39, 0.29) is 25.5 Å². The molecular weight excluding hydrogens is 317 g/mol. The number of benzene rings is 1. The maximum atomic E-state index is 11.9. The van der Waals surface area contributed by atoms with Gasteiger partial charge in [0.1, 0.15) is 10.8 Å². The van der Waals surface area contributed by atoms with Gasteiger partial charge in [-0.15, -0.1) is 0 Å². The first-order valence-corrected chi connectivity index (χ1v) is 7.32. The predicted molar refractivity (Wildman–Crippen MR) is 78.9 cm³/mol. The molecule has 21 heavy (non-hydrogen) atoms. The molecule has 114 valence electrons. The molecule has 1 aliphatic heterocycles. The zero-order valence-electron chi connectivity index (χ0n) is 11.2. The molecule has 1 aliphatic rings. The minimum atomic E-state index is -0.854. The molecule has 1 fully saturated rings. The highest BCUT2D eigenvalue weighted by Gasteiger charge is 2.30. The predicted octanol–water partition coefficient (Wildman–Crippen LogP) is 2.70. The molecule has 0 radical (unpaired) electrons. The Kier molecular flexibility index (Phi) is 5.31. The Morgan fingerprint density at radius 1 is 1.38 bits per heavy atom. The first-order chi connectivity index (χ1) is 9.99. The smallest absolute Gasteiger partial charge is 0.308 e. The molecule has 0 spiro atoms. The molecule has 1 amide bonds. The van der Waals surface area contributed by atoms with E-state index < -0.39 is 11.9 Å². The van der Waals surface area contributed by atoms with Crippen molar-refractivity contribution >= 4 is 35.1 Å². The van der Waals surface area contributed by atoms with Gasteiger partial charge in [-0.2, -0.15) is 0 Å². The number of carbonyl (C=O) groups excluding carboxylic acids is 1. The number of carboxylic acid groups (broad SMARTS) is 1. The van der Waals surface area contributed by atoms with Crippen molar-refractivity contribution in [3.05, 3.63) is 28.2 Å². The van der Waals surface area contributed by atoms with Crippen LogP contribution in [0.4, 0.5) is 0 Å². The van der Waals surface area contributed by atoms with E-state index in [4.69, 9.17) is 33.0 Å².